The molecule has 0 aliphatic rings. The van der Waals surface area contributed by atoms with Crippen molar-refractivity contribution in [1.82, 2.24) is 15.0 Å². The first kappa shape index (κ1) is 16.7. The predicted octanol–water partition coefficient (Wildman–Crippen LogP) is 2.79. The summed E-state index contributed by atoms with van der Waals surface area (Å²) in [7, 11) is -3.64. The van der Waals surface area contributed by atoms with Gasteiger partial charge in [0.2, 0.25) is 15.0 Å². The standard InChI is InChI=1S/C14H11ClN4O3S2/c1-2-24(21,22)14-16-7-8(15)11(18-14)12(20)19-13-17-9-5-3-4-6-10(9)23-13/h3-7H,2H2,1H3,(H,17,19,20). The van der Waals surface area contributed by atoms with Crippen LogP contribution in [0.1, 0.15) is 17.4 Å². The first-order valence-corrected chi connectivity index (χ1v) is 9.67. The summed E-state index contributed by atoms with van der Waals surface area (Å²) in [6.45, 7) is 1.47. The van der Waals surface area contributed by atoms with Crippen LogP contribution in [0.4, 0.5) is 5.13 Å². The van der Waals surface area contributed by atoms with Gasteiger partial charge in [-0.1, -0.05) is 42.0 Å². The van der Waals surface area contributed by atoms with Gasteiger partial charge in [0.15, 0.2) is 10.8 Å². The van der Waals surface area contributed by atoms with E-state index in [1.165, 1.54) is 18.3 Å². The number of carbonyl (C=O) groups is 1. The summed E-state index contributed by atoms with van der Waals surface area (Å²) in [6.07, 6.45) is 1.10. The summed E-state index contributed by atoms with van der Waals surface area (Å²) >= 11 is 7.22. The van der Waals surface area contributed by atoms with Crippen molar-refractivity contribution >= 4 is 54.0 Å². The Morgan fingerprint density at radius 2 is 2.04 bits per heavy atom. The van der Waals surface area contributed by atoms with Crippen LogP contribution in [-0.4, -0.2) is 35.0 Å². The number of hydrogen-bond acceptors (Lipinski definition) is 7. The van der Waals surface area contributed by atoms with Crippen LogP contribution in [0.15, 0.2) is 35.6 Å². The third-order valence-corrected chi connectivity index (χ3v) is 5.85. The van der Waals surface area contributed by atoms with Gasteiger partial charge in [-0.3, -0.25) is 10.1 Å². The van der Waals surface area contributed by atoms with E-state index in [0.29, 0.717) is 5.13 Å². The highest BCUT2D eigenvalue weighted by atomic mass is 35.5. The number of carbonyl (C=O) groups excluding carboxylic acids is 1. The highest BCUT2D eigenvalue weighted by Crippen LogP contribution is 2.26. The van der Waals surface area contributed by atoms with Crippen LogP contribution in [0.3, 0.4) is 0 Å². The first-order valence-electron chi connectivity index (χ1n) is 6.83. The van der Waals surface area contributed by atoms with Crippen LogP contribution in [0.5, 0.6) is 0 Å². The Morgan fingerprint density at radius 1 is 1.29 bits per heavy atom. The fourth-order valence-electron chi connectivity index (χ4n) is 1.87. The Labute approximate surface area is 146 Å². The van der Waals surface area contributed by atoms with Crippen molar-refractivity contribution in [1.29, 1.82) is 0 Å². The number of rotatable bonds is 4. The maximum atomic E-state index is 12.4. The minimum absolute atomic E-state index is 0.0383. The topological polar surface area (TPSA) is 102 Å². The third kappa shape index (κ3) is 3.23. The molecule has 2 aromatic heterocycles. The van der Waals surface area contributed by atoms with Crippen LogP contribution >= 0.6 is 22.9 Å². The van der Waals surface area contributed by atoms with E-state index in [4.69, 9.17) is 11.6 Å². The molecule has 0 aliphatic heterocycles. The number of hydrogen-bond donors (Lipinski definition) is 1. The number of nitrogens with zero attached hydrogens (tertiary/aromatic N) is 3. The van der Waals surface area contributed by atoms with Crippen LogP contribution in [0.25, 0.3) is 10.2 Å². The summed E-state index contributed by atoms with van der Waals surface area (Å²) in [5.41, 5.74) is 0.541. The van der Waals surface area contributed by atoms with E-state index in [2.05, 4.69) is 20.3 Å². The van der Waals surface area contributed by atoms with Gasteiger partial charge in [0, 0.05) is 0 Å². The molecule has 0 bridgehead atoms. The van der Waals surface area contributed by atoms with Crippen LogP contribution < -0.4 is 5.32 Å². The number of nitrogens with one attached hydrogen (secondary N) is 1. The van der Waals surface area contributed by atoms with Crippen molar-refractivity contribution in [2.45, 2.75) is 12.1 Å². The lowest BCUT2D eigenvalue weighted by Gasteiger charge is -2.05. The normalized spacial score (nSPS) is 11.6. The molecule has 1 N–H and O–H groups in total. The quantitative estimate of drug-likeness (QED) is 0.696. The van der Waals surface area contributed by atoms with Gasteiger partial charge in [0.25, 0.3) is 5.91 Å². The highest BCUT2D eigenvalue weighted by Gasteiger charge is 2.21. The molecule has 0 saturated heterocycles. The van der Waals surface area contributed by atoms with E-state index < -0.39 is 20.9 Å². The van der Waals surface area contributed by atoms with Crippen molar-refractivity contribution in [3.05, 3.63) is 41.2 Å². The Bertz CT molecular complexity index is 1000. The van der Waals surface area contributed by atoms with Gasteiger partial charge in [-0.25, -0.2) is 23.4 Å². The highest BCUT2D eigenvalue weighted by molar-refractivity contribution is 7.91. The lowest BCUT2D eigenvalue weighted by atomic mass is 10.3. The molecule has 0 aliphatic carbocycles. The number of fused-ring (bicyclic) bond motifs is 1. The van der Waals surface area contributed by atoms with Crippen molar-refractivity contribution < 1.29 is 13.2 Å². The van der Waals surface area contributed by atoms with Gasteiger partial charge >= 0.3 is 0 Å². The molecule has 1 aromatic carbocycles. The molecular formula is C14H11ClN4O3S2. The zero-order valence-corrected chi connectivity index (χ0v) is 14.7. The predicted molar refractivity (Wildman–Crippen MR) is 92.3 cm³/mol. The average Bonchev–Trinajstić information content (AvgIpc) is 2.97. The molecule has 0 fully saturated rings. The number of amides is 1. The fraction of sp³-hybridized carbons (Fsp3) is 0.143. The van der Waals surface area contributed by atoms with Gasteiger partial charge in [-0.15, -0.1) is 0 Å². The molecule has 0 unspecified atom stereocenters. The lowest BCUT2D eigenvalue weighted by Crippen LogP contribution is -2.18. The maximum absolute atomic E-state index is 12.4. The van der Waals surface area contributed by atoms with E-state index >= 15 is 0 Å². The van der Waals surface area contributed by atoms with E-state index in [-0.39, 0.29) is 16.5 Å². The first-order chi connectivity index (χ1) is 11.4. The van der Waals surface area contributed by atoms with Gasteiger partial charge in [0.1, 0.15) is 0 Å². The summed E-state index contributed by atoms with van der Waals surface area (Å²) in [5, 5.41) is 2.49. The van der Waals surface area contributed by atoms with E-state index in [9.17, 15) is 13.2 Å². The Hall–Kier alpha value is -2.10. The number of sulfone groups is 1. The second-order valence-corrected chi connectivity index (χ2v) is 8.30. The van der Waals surface area contributed by atoms with Crippen molar-refractivity contribution in [3.63, 3.8) is 0 Å². The van der Waals surface area contributed by atoms with Gasteiger partial charge in [-0.2, -0.15) is 0 Å². The number of para-hydroxylation sites is 1. The number of anilines is 1. The molecule has 3 aromatic rings. The van der Waals surface area contributed by atoms with Crippen LogP contribution in [-0.2, 0) is 9.84 Å². The summed E-state index contributed by atoms with van der Waals surface area (Å²) in [5.74, 6) is -0.817. The molecule has 7 nitrogen and oxygen atoms in total. The fourth-order valence-corrected chi connectivity index (χ4v) is 3.61. The largest absolute Gasteiger partial charge is 0.296 e. The molecule has 3 rings (SSSR count). The van der Waals surface area contributed by atoms with Crippen molar-refractivity contribution in [2.75, 3.05) is 11.1 Å². The summed E-state index contributed by atoms with van der Waals surface area (Å²) in [4.78, 5) is 24.1. The molecule has 1 amide bonds. The molecule has 0 radical (unpaired) electrons. The van der Waals surface area contributed by atoms with Crippen LogP contribution in [0.2, 0.25) is 5.02 Å². The second kappa shape index (κ2) is 6.42. The zero-order valence-electron chi connectivity index (χ0n) is 12.4. The molecule has 0 spiro atoms. The molecular weight excluding hydrogens is 372 g/mol. The number of thiazole rings is 1. The zero-order chi connectivity index (χ0) is 17.3. The monoisotopic (exact) mass is 382 g/mol. The van der Waals surface area contributed by atoms with Crippen molar-refractivity contribution in [2.24, 2.45) is 0 Å². The minimum Gasteiger partial charge on any atom is -0.296 e. The lowest BCUT2D eigenvalue weighted by molar-refractivity contribution is 0.102. The van der Waals surface area contributed by atoms with Crippen LogP contribution in [0, 0.1) is 0 Å². The second-order valence-electron chi connectivity index (χ2n) is 4.69. The van der Waals surface area contributed by atoms with Crippen molar-refractivity contribution in [3.8, 4) is 0 Å². The average molecular weight is 383 g/mol. The Balaban J connectivity index is 1.93. The molecule has 0 saturated carbocycles. The summed E-state index contributed by atoms with van der Waals surface area (Å²) < 4.78 is 24.6. The maximum Gasteiger partial charge on any atom is 0.277 e. The smallest absolute Gasteiger partial charge is 0.277 e. The number of benzene rings is 1. The molecule has 124 valence electrons. The number of aromatic nitrogens is 3. The van der Waals surface area contributed by atoms with Gasteiger partial charge < -0.3 is 0 Å². The van der Waals surface area contributed by atoms with Gasteiger partial charge in [0.05, 0.1) is 27.2 Å². The Morgan fingerprint density at radius 3 is 2.75 bits per heavy atom. The van der Waals surface area contributed by atoms with Gasteiger partial charge in [-0.05, 0) is 12.1 Å². The van der Waals surface area contributed by atoms with E-state index in [1.807, 2.05) is 24.3 Å². The molecule has 2 heterocycles. The molecule has 24 heavy (non-hydrogen) atoms. The Kier molecular flexibility index (Phi) is 4.48. The SMILES string of the molecule is CCS(=O)(=O)c1ncc(Cl)c(C(=O)Nc2nc3ccccc3s2)n1. The summed E-state index contributed by atoms with van der Waals surface area (Å²) in [6, 6.07) is 7.42. The third-order valence-electron chi connectivity index (χ3n) is 3.11. The molecule has 10 heteroatoms. The van der Waals surface area contributed by atoms with E-state index in [0.717, 1.165) is 16.4 Å². The molecule has 0 atom stereocenters. The van der Waals surface area contributed by atoms with E-state index in [1.54, 1.807) is 0 Å². The minimum atomic E-state index is -3.64. The number of halogens is 1.